The molecule has 0 unspecified atom stereocenters. The van der Waals surface area contributed by atoms with E-state index in [1.54, 1.807) is 47.1 Å². The molecule has 1 saturated carbocycles. The highest BCUT2D eigenvalue weighted by atomic mass is 16.7. The van der Waals surface area contributed by atoms with Crippen LogP contribution in [0.25, 0.3) is 6.08 Å². The number of hydrogen-bond donors (Lipinski definition) is 4. The zero-order chi connectivity index (χ0) is 46.0. The van der Waals surface area contributed by atoms with E-state index < -0.39 is 90.0 Å². The third-order valence-corrected chi connectivity index (χ3v) is 13.6. The van der Waals surface area contributed by atoms with Crippen LogP contribution < -0.4 is 0 Å². The number of aliphatic hydroxyl groups excluding tert-OH is 3. The van der Waals surface area contributed by atoms with Gasteiger partial charge < -0.3 is 49.0 Å². The minimum Gasteiger partial charge on any atom is -0.456 e. The highest BCUT2D eigenvalue weighted by Crippen LogP contribution is 2.39. The highest BCUT2D eigenvalue weighted by molar-refractivity contribution is 6.39. The minimum absolute atomic E-state index is 0.00487. The summed E-state index contributed by atoms with van der Waals surface area (Å²) in [5, 5.41) is 45.9. The van der Waals surface area contributed by atoms with E-state index in [1.807, 2.05) is 36.4 Å². The monoisotopic (exact) mass is 882 g/mol. The Morgan fingerprint density at radius 2 is 1.63 bits per heavy atom. The van der Waals surface area contributed by atoms with Crippen molar-refractivity contribution in [3.8, 4) is 0 Å². The van der Waals surface area contributed by atoms with Gasteiger partial charge in [0.25, 0.3) is 11.7 Å². The number of aromatic nitrogens is 1. The van der Waals surface area contributed by atoms with Crippen LogP contribution >= 0.6 is 0 Å². The molecule has 15 nitrogen and oxygen atoms in total. The van der Waals surface area contributed by atoms with E-state index in [0.717, 1.165) is 4.90 Å². The third-order valence-electron chi connectivity index (χ3n) is 13.6. The minimum atomic E-state index is -2.61. The summed E-state index contributed by atoms with van der Waals surface area (Å²) in [5.41, 5.74) is 2.02. The van der Waals surface area contributed by atoms with Gasteiger partial charge in [-0.15, -0.1) is 0 Å². The van der Waals surface area contributed by atoms with Crippen LogP contribution in [-0.2, 0) is 42.9 Å². The first-order valence-electron chi connectivity index (χ1n) is 22.6. The first-order valence-corrected chi connectivity index (χ1v) is 22.6. The summed E-state index contributed by atoms with van der Waals surface area (Å²) in [6.45, 7) is 6.93. The molecule has 3 fully saturated rings. The lowest BCUT2D eigenvalue weighted by Gasteiger charge is -2.47. The summed E-state index contributed by atoms with van der Waals surface area (Å²) in [6, 6.07) is 4.32. The number of allylic oxidation sites excluding steroid dienone is 3. The largest absolute Gasteiger partial charge is 0.456 e. The number of methoxy groups -OCH3 is 3. The van der Waals surface area contributed by atoms with Gasteiger partial charge in [-0.2, -0.15) is 0 Å². The Bertz CT molecular complexity index is 1800. The number of cyclic esters (lactones) is 1. The normalized spacial score (nSPS) is 38.3. The number of amides is 1. The molecule has 14 atom stereocenters. The summed E-state index contributed by atoms with van der Waals surface area (Å²) in [7, 11) is 4.43. The molecule has 1 amide bonds. The quantitative estimate of drug-likeness (QED) is 0.163. The molecule has 4 heterocycles. The van der Waals surface area contributed by atoms with Crippen molar-refractivity contribution in [2.75, 3.05) is 27.9 Å². The van der Waals surface area contributed by atoms with Gasteiger partial charge in [0.1, 0.15) is 24.0 Å². The Kier molecular flexibility index (Phi) is 18.4. The van der Waals surface area contributed by atoms with Crippen molar-refractivity contribution in [2.24, 2.45) is 23.7 Å². The van der Waals surface area contributed by atoms with Gasteiger partial charge in [0.15, 0.2) is 0 Å². The first kappa shape index (κ1) is 50.3. The molecule has 5 rings (SSSR count). The number of fused-ring (bicyclic) bond motifs is 3. The zero-order valence-corrected chi connectivity index (χ0v) is 38.0. The van der Waals surface area contributed by atoms with Crippen LogP contribution in [-0.4, -0.2) is 142 Å². The maximum absolute atomic E-state index is 14.4. The SMILES string of the molecule is CO[C@H]1C[C@@H](O)C/C(C)=C/[C@@H](C/C=C/c2ccccn2)C(=O)C[C@H](O)[C@@H](C)[C@@H](/C(C)=C/[C@@H]2CC[C@@H](O)[C@H](OC)C2)OC(=O)[C@@H]2CCCCN2C(=O)C(=O)[C@]2(O)O[C@H]1[C@@H](OC)C[C@H]2C. The Morgan fingerprint density at radius 3 is 2.32 bits per heavy atom. The smallest absolute Gasteiger partial charge is 0.329 e. The highest BCUT2D eigenvalue weighted by Gasteiger charge is 2.56. The van der Waals surface area contributed by atoms with Crippen LogP contribution in [0.15, 0.2) is 53.8 Å². The number of ether oxygens (including phenoxy) is 5. The number of ketones is 2. The molecule has 4 N–H and O–H groups in total. The maximum Gasteiger partial charge on any atom is 0.329 e. The number of Topliss-reactive ketones (excluding diaryl/α,β-unsaturated/α-hetero) is 2. The number of hydrogen-bond acceptors (Lipinski definition) is 14. The zero-order valence-electron chi connectivity index (χ0n) is 38.0. The van der Waals surface area contributed by atoms with E-state index in [-0.39, 0.29) is 62.9 Å². The van der Waals surface area contributed by atoms with Crippen LogP contribution in [0.5, 0.6) is 0 Å². The van der Waals surface area contributed by atoms with Crippen molar-refractivity contribution >= 4 is 29.5 Å². The molecule has 2 saturated heterocycles. The fourth-order valence-electron chi connectivity index (χ4n) is 9.75. The number of piperidine rings is 1. The summed E-state index contributed by atoms with van der Waals surface area (Å²) in [4.78, 5) is 62.7. The number of pyridine rings is 1. The van der Waals surface area contributed by atoms with Crippen LogP contribution in [0.3, 0.4) is 0 Å². The second-order valence-electron chi connectivity index (χ2n) is 18.2. The standard InChI is InChI=1S/C48H70N2O13/c1-28-21-33(13-12-15-34-14-8-10-19-49-34)39(54)27-38(53)31(4)43(29(2)23-32-17-18-37(52)40(25-32)59-5)62-47(57)36-16-9-11-20-50(36)46(56)45(55)48(58)30(3)24-41(60-6)44(63-48)42(61-7)26-35(51)22-28/h8,10,12,14-15,19,21,23,30-33,35-38,40-44,51-53,58H,9,11,13,16-18,20,22,24-27H2,1-7H3/b15-12+,28-21+,29-23+/t30-,31-,32+,33-,35+,36+,37-,38+,40-,41+,42+,43-,44+,48-/m1/s1. The van der Waals surface area contributed by atoms with E-state index in [0.29, 0.717) is 48.9 Å². The Labute approximate surface area is 371 Å². The number of aliphatic hydroxyl groups is 4. The molecular weight excluding hydrogens is 813 g/mol. The fraction of sp³-hybridized carbons (Fsp3) is 0.688. The molecule has 2 bridgehead atoms. The van der Waals surface area contributed by atoms with E-state index in [9.17, 15) is 39.6 Å². The van der Waals surface area contributed by atoms with Crippen molar-refractivity contribution in [3.05, 3.63) is 59.5 Å². The molecule has 4 aliphatic rings. The van der Waals surface area contributed by atoms with Crippen molar-refractivity contribution in [1.29, 1.82) is 0 Å². The molecule has 350 valence electrons. The Morgan fingerprint density at radius 1 is 0.921 bits per heavy atom. The molecule has 3 aliphatic heterocycles. The number of nitrogens with zero attached hydrogens (tertiary/aromatic N) is 2. The van der Waals surface area contributed by atoms with E-state index in [4.69, 9.17) is 23.7 Å². The lowest BCUT2D eigenvalue weighted by molar-refractivity contribution is -0.303. The van der Waals surface area contributed by atoms with E-state index >= 15 is 0 Å². The average Bonchev–Trinajstić information content (AvgIpc) is 3.27. The Balaban J connectivity index is 1.55. The van der Waals surface area contributed by atoms with Crippen molar-refractivity contribution in [1.82, 2.24) is 9.88 Å². The maximum atomic E-state index is 14.4. The Hall–Kier alpha value is -3.67. The van der Waals surface area contributed by atoms with Gasteiger partial charge in [-0.25, -0.2) is 4.79 Å². The van der Waals surface area contributed by atoms with E-state index in [2.05, 4.69) is 4.98 Å². The predicted molar refractivity (Wildman–Crippen MR) is 233 cm³/mol. The van der Waals surface area contributed by atoms with Crippen molar-refractivity contribution in [2.45, 2.75) is 159 Å². The van der Waals surface area contributed by atoms with Gasteiger partial charge in [-0.05, 0) is 101 Å². The number of esters is 1. The second kappa shape index (κ2) is 23.0. The lowest BCUT2D eigenvalue weighted by atomic mass is 9.81. The molecule has 0 aromatic carbocycles. The van der Waals surface area contributed by atoms with Gasteiger partial charge in [0, 0.05) is 64.7 Å². The molecule has 1 aliphatic carbocycles. The van der Waals surface area contributed by atoms with E-state index in [1.165, 1.54) is 14.2 Å². The van der Waals surface area contributed by atoms with Gasteiger partial charge in [0.05, 0.1) is 42.3 Å². The van der Waals surface area contributed by atoms with Crippen molar-refractivity contribution in [3.63, 3.8) is 0 Å². The molecule has 63 heavy (non-hydrogen) atoms. The van der Waals surface area contributed by atoms with Crippen LogP contribution in [0, 0.1) is 23.7 Å². The number of carbonyl (C=O) groups excluding carboxylic acids is 4. The molecule has 0 spiro atoms. The number of rotatable bonds is 8. The molecule has 0 radical (unpaired) electrons. The lowest BCUT2D eigenvalue weighted by Crippen LogP contribution is -2.64. The summed E-state index contributed by atoms with van der Waals surface area (Å²) in [5.74, 6) is -8.46. The van der Waals surface area contributed by atoms with Gasteiger partial charge in [-0.3, -0.25) is 19.4 Å². The average molecular weight is 883 g/mol. The van der Waals surface area contributed by atoms with Crippen LogP contribution in [0.2, 0.25) is 0 Å². The van der Waals surface area contributed by atoms with Crippen LogP contribution in [0.1, 0.15) is 104 Å². The molecule has 1 aromatic rings. The van der Waals surface area contributed by atoms with Gasteiger partial charge in [-0.1, -0.05) is 43.7 Å². The third kappa shape index (κ3) is 12.6. The molecule has 15 heteroatoms. The number of carbonyl (C=O) groups is 4. The van der Waals surface area contributed by atoms with Gasteiger partial charge >= 0.3 is 5.97 Å². The summed E-state index contributed by atoms with van der Waals surface area (Å²) < 4.78 is 29.6. The molecule has 1 aromatic heterocycles. The topological polar surface area (TPSA) is 211 Å². The molecular formula is C48H70N2O13. The first-order chi connectivity index (χ1) is 30.0. The summed E-state index contributed by atoms with van der Waals surface area (Å²) >= 11 is 0. The second-order valence-corrected chi connectivity index (χ2v) is 18.2. The van der Waals surface area contributed by atoms with Crippen LogP contribution in [0.4, 0.5) is 0 Å². The van der Waals surface area contributed by atoms with Crippen molar-refractivity contribution < 1.29 is 63.3 Å². The van der Waals surface area contributed by atoms with Gasteiger partial charge in [0.2, 0.25) is 5.79 Å². The predicted octanol–water partition coefficient (Wildman–Crippen LogP) is 4.29. The summed E-state index contributed by atoms with van der Waals surface area (Å²) in [6.07, 6.45) is 5.26. The fourth-order valence-corrected chi connectivity index (χ4v) is 9.75.